The van der Waals surface area contributed by atoms with Crippen molar-refractivity contribution in [3.8, 4) is 5.75 Å². The molecule has 3 heteroatoms. The van der Waals surface area contributed by atoms with Crippen LogP contribution in [0.5, 0.6) is 5.75 Å². The highest BCUT2D eigenvalue weighted by Crippen LogP contribution is 2.22. The molecule has 0 bridgehead atoms. The fourth-order valence-electron chi connectivity index (χ4n) is 2.64. The molecule has 1 aliphatic rings. The SMILES string of the molecule is Cc1cc(Br)ccc1OCCCNC1CCCCC1. The molecule has 0 heterocycles. The second-order valence-corrected chi connectivity index (χ2v) is 6.32. The van der Waals surface area contributed by atoms with E-state index in [2.05, 4.69) is 34.2 Å². The molecule has 106 valence electrons. The minimum absolute atomic E-state index is 0.753. The van der Waals surface area contributed by atoms with E-state index in [0.717, 1.165) is 35.8 Å². The quantitative estimate of drug-likeness (QED) is 0.780. The second-order valence-electron chi connectivity index (χ2n) is 5.40. The lowest BCUT2D eigenvalue weighted by atomic mass is 9.95. The first-order valence-corrected chi connectivity index (χ1v) is 8.17. The maximum absolute atomic E-state index is 5.82. The number of halogens is 1. The molecule has 0 aliphatic heterocycles. The van der Waals surface area contributed by atoms with Gasteiger partial charge in [-0.05, 0) is 56.5 Å². The first-order valence-electron chi connectivity index (χ1n) is 7.38. The zero-order valence-corrected chi connectivity index (χ0v) is 13.3. The number of aryl methyl sites for hydroxylation is 1. The number of rotatable bonds is 6. The van der Waals surface area contributed by atoms with Crippen molar-refractivity contribution in [3.63, 3.8) is 0 Å². The van der Waals surface area contributed by atoms with Crippen molar-refractivity contribution < 1.29 is 4.74 Å². The van der Waals surface area contributed by atoms with Gasteiger partial charge in [0.2, 0.25) is 0 Å². The van der Waals surface area contributed by atoms with E-state index in [1.807, 2.05) is 12.1 Å². The third-order valence-electron chi connectivity index (χ3n) is 3.75. The summed E-state index contributed by atoms with van der Waals surface area (Å²) in [7, 11) is 0. The van der Waals surface area contributed by atoms with Gasteiger partial charge in [-0.3, -0.25) is 0 Å². The van der Waals surface area contributed by atoms with E-state index in [9.17, 15) is 0 Å². The van der Waals surface area contributed by atoms with Gasteiger partial charge in [0.15, 0.2) is 0 Å². The van der Waals surface area contributed by atoms with Crippen molar-refractivity contribution in [1.82, 2.24) is 5.32 Å². The normalized spacial score (nSPS) is 16.5. The summed E-state index contributed by atoms with van der Waals surface area (Å²) in [5.41, 5.74) is 1.19. The lowest BCUT2D eigenvalue weighted by Crippen LogP contribution is -2.32. The van der Waals surface area contributed by atoms with Gasteiger partial charge >= 0.3 is 0 Å². The van der Waals surface area contributed by atoms with E-state index in [0.29, 0.717) is 0 Å². The molecule has 0 radical (unpaired) electrons. The van der Waals surface area contributed by atoms with E-state index < -0.39 is 0 Å². The Morgan fingerprint density at radius 2 is 2.05 bits per heavy atom. The summed E-state index contributed by atoms with van der Waals surface area (Å²) in [6.45, 7) is 3.95. The third-order valence-corrected chi connectivity index (χ3v) is 4.25. The summed E-state index contributed by atoms with van der Waals surface area (Å²) in [6, 6.07) is 6.91. The number of hydrogen-bond acceptors (Lipinski definition) is 2. The van der Waals surface area contributed by atoms with Gasteiger partial charge in [0.05, 0.1) is 6.61 Å². The van der Waals surface area contributed by atoms with Crippen LogP contribution >= 0.6 is 15.9 Å². The first-order chi connectivity index (χ1) is 9.25. The van der Waals surface area contributed by atoms with Crippen LogP contribution in [0.25, 0.3) is 0 Å². The zero-order chi connectivity index (χ0) is 13.5. The molecule has 0 spiro atoms. The zero-order valence-electron chi connectivity index (χ0n) is 11.8. The molecule has 0 aromatic heterocycles. The molecule has 0 atom stereocenters. The van der Waals surface area contributed by atoms with Gasteiger partial charge in [-0.25, -0.2) is 0 Å². The number of benzene rings is 1. The van der Waals surface area contributed by atoms with Gasteiger partial charge < -0.3 is 10.1 Å². The van der Waals surface area contributed by atoms with Crippen LogP contribution in [0.1, 0.15) is 44.1 Å². The summed E-state index contributed by atoms with van der Waals surface area (Å²) in [4.78, 5) is 0. The molecule has 0 amide bonds. The Bertz CT molecular complexity index is 388. The van der Waals surface area contributed by atoms with Crippen LogP contribution in [-0.2, 0) is 0 Å². The highest BCUT2D eigenvalue weighted by molar-refractivity contribution is 9.10. The summed E-state index contributed by atoms with van der Waals surface area (Å²) in [6.07, 6.45) is 7.99. The Morgan fingerprint density at radius 3 is 2.79 bits per heavy atom. The van der Waals surface area contributed by atoms with Gasteiger partial charge in [-0.15, -0.1) is 0 Å². The lowest BCUT2D eigenvalue weighted by Gasteiger charge is -2.22. The lowest BCUT2D eigenvalue weighted by molar-refractivity contribution is 0.295. The maximum Gasteiger partial charge on any atom is 0.122 e. The first kappa shape index (κ1) is 14.9. The summed E-state index contributed by atoms with van der Waals surface area (Å²) in [5.74, 6) is 1.00. The van der Waals surface area contributed by atoms with Crippen molar-refractivity contribution in [2.75, 3.05) is 13.2 Å². The van der Waals surface area contributed by atoms with Crippen molar-refractivity contribution in [2.45, 2.75) is 51.5 Å². The fourth-order valence-corrected chi connectivity index (χ4v) is 3.12. The molecule has 1 N–H and O–H groups in total. The van der Waals surface area contributed by atoms with Gasteiger partial charge in [0, 0.05) is 10.5 Å². The van der Waals surface area contributed by atoms with Crippen LogP contribution in [0.2, 0.25) is 0 Å². The Kier molecular flexibility index (Phi) is 6.18. The average molecular weight is 326 g/mol. The van der Waals surface area contributed by atoms with E-state index in [-0.39, 0.29) is 0 Å². The van der Waals surface area contributed by atoms with Gasteiger partial charge in [-0.2, -0.15) is 0 Å². The summed E-state index contributed by atoms with van der Waals surface area (Å²) >= 11 is 3.47. The van der Waals surface area contributed by atoms with Crippen LogP contribution < -0.4 is 10.1 Å². The summed E-state index contributed by atoms with van der Waals surface area (Å²) in [5, 5.41) is 3.64. The van der Waals surface area contributed by atoms with Gasteiger partial charge in [0.25, 0.3) is 0 Å². The molecular weight excluding hydrogens is 302 g/mol. The molecule has 1 aromatic rings. The van der Waals surface area contributed by atoms with E-state index in [1.54, 1.807) is 0 Å². The predicted octanol–water partition coefficient (Wildman–Crippen LogP) is 4.45. The molecule has 1 saturated carbocycles. The maximum atomic E-state index is 5.82. The van der Waals surface area contributed by atoms with Crippen LogP contribution in [0.15, 0.2) is 22.7 Å². The highest BCUT2D eigenvalue weighted by atomic mass is 79.9. The van der Waals surface area contributed by atoms with Crippen LogP contribution in [0.4, 0.5) is 0 Å². The fraction of sp³-hybridized carbons (Fsp3) is 0.625. The summed E-state index contributed by atoms with van der Waals surface area (Å²) < 4.78 is 6.93. The standard InChI is InChI=1S/C16H24BrNO/c1-13-12-14(17)8-9-16(13)19-11-5-10-18-15-6-3-2-4-7-15/h8-9,12,15,18H,2-7,10-11H2,1H3. The van der Waals surface area contributed by atoms with Gasteiger partial charge in [0.1, 0.15) is 5.75 Å². The van der Waals surface area contributed by atoms with E-state index in [1.165, 1.54) is 37.7 Å². The van der Waals surface area contributed by atoms with Crippen LogP contribution in [-0.4, -0.2) is 19.2 Å². The molecule has 1 aromatic carbocycles. The number of nitrogens with one attached hydrogen (secondary N) is 1. The van der Waals surface area contributed by atoms with Gasteiger partial charge in [-0.1, -0.05) is 35.2 Å². The Labute approximate surface area is 125 Å². The molecule has 1 fully saturated rings. The minimum Gasteiger partial charge on any atom is -0.493 e. The topological polar surface area (TPSA) is 21.3 Å². The number of ether oxygens (including phenoxy) is 1. The second kappa shape index (κ2) is 7.91. The molecule has 0 unspecified atom stereocenters. The van der Waals surface area contributed by atoms with E-state index in [4.69, 9.17) is 4.74 Å². The molecule has 0 saturated heterocycles. The molecule has 2 rings (SSSR count). The Morgan fingerprint density at radius 1 is 1.26 bits per heavy atom. The van der Waals surface area contributed by atoms with Crippen molar-refractivity contribution in [1.29, 1.82) is 0 Å². The monoisotopic (exact) mass is 325 g/mol. The smallest absolute Gasteiger partial charge is 0.122 e. The minimum atomic E-state index is 0.753. The molecule has 19 heavy (non-hydrogen) atoms. The molecule has 2 nitrogen and oxygen atoms in total. The molecular formula is C16H24BrNO. The Hall–Kier alpha value is -0.540. The number of hydrogen-bond donors (Lipinski definition) is 1. The molecule has 1 aliphatic carbocycles. The third kappa shape index (κ3) is 5.15. The van der Waals surface area contributed by atoms with Crippen LogP contribution in [0.3, 0.4) is 0 Å². The van der Waals surface area contributed by atoms with Crippen molar-refractivity contribution >= 4 is 15.9 Å². The van der Waals surface area contributed by atoms with Crippen molar-refractivity contribution in [2.24, 2.45) is 0 Å². The Balaban J connectivity index is 1.61. The van der Waals surface area contributed by atoms with Crippen LogP contribution in [0, 0.1) is 6.92 Å². The van der Waals surface area contributed by atoms with Crippen molar-refractivity contribution in [3.05, 3.63) is 28.2 Å². The predicted molar refractivity (Wildman–Crippen MR) is 83.9 cm³/mol. The average Bonchev–Trinajstić information content (AvgIpc) is 2.42. The largest absolute Gasteiger partial charge is 0.493 e. The highest BCUT2D eigenvalue weighted by Gasteiger charge is 2.11. The van der Waals surface area contributed by atoms with E-state index >= 15 is 0 Å².